The summed E-state index contributed by atoms with van der Waals surface area (Å²) >= 11 is 0. The molecule has 12 heavy (non-hydrogen) atoms. The molecule has 0 radical (unpaired) electrons. The van der Waals surface area contributed by atoms with E-state index in [9.17, 15) is 4.79 Å². The number of hydrogen-bond donors (Lipinski definition) is 1. The minimum Gasteiger partial charge on any atom is -0.315 e. The summed E-state index contributed by atoms with van der Waals surface area (Å²) in [5.74, 6) is 0. The minimum absolute atomic E-state index is 0.00269. The van der Waals surface area contributed by atoms with Gasteiger partial charge in [-0.25, -0.2) is 4.98 Å². The van der Waals surface area contributed by atoms with Crippen LogP contribution >= 0.6 is 0 Å². The van der Waals surface area contributed by atoms with Crippen LogP contribution in [0.4, 0.5) is 0 Å². The van der Waals surface area contributed by atoms with E-state index in [0.29, 0.717) is 6.54 Å². The van der Waals surface area contributed by atoms with Crippen LogP contribution in [-0.4, -0.2) is 22.6 Å². The molecule has 0 aliphatic carbocycles. The van der Waals surface area contributed by atoms with Crippen molar-refractivity contribution in [3.05, 3.63) is 28.9 Å². The molecule has 0 aromatic carbocycles. The molecule has 0 amide bonds. The van der Waals surface area contributed by atoms with Gasteiger partial charge in [0.1, 0.15) is 0 Å². The monoisotopic (exact) mass is 167 g/mol. The third-order valence-corrected chi connectivity index (χ3v) is 1.57. The molecule has 4 nitrogen and oxygen atoms in total. The lowest BCUT2D eigenvalue weighted by molar-refractivity contribution is 0.591. The van der Waals surface area contributed by atoms with Gasteiger partial charge in [-0.1, -0.05) is 6.92 Å². The molecular formula is C8H13N3O. The van der Waals surface area contributed by atoms with Gasteiger partial charge in [0.2, 0.25) is 0 Å². The Bertz CT molecular complexity index is 282. The van der Waals surface area contributed by atoms with Gasteiger partial charge in [-0.15, -0.1) is 0 Å². The average Bonchev–Trinajstić information content (AvgIpc) is 2.09. The number of aromatic nitrogens is 2. The average molecular weight is 167 g/mol. The lowest BCUT2D eigenvalue weighted by Gasteiger charge is -2.03. The van der Waals surface area contributed by atoms with E-state index in [2.05, 4.69) is 10.3 Å². The maximum Gasteiger partial charge on any atom is 0.253 e. The van der Waals surface area contributed by atoms with E-state index in [-0.39, 0.29) is 5.56 Å². The van der Waals surface area contributed by atoms with Crippen molar-refractivity contribution in [3.8, 4) is 0 Å². The van der Waals surface area contributed by atoms with Crippen LogP contribution in [0, 0.1) is 0 Å². The molecule has 0 unspecified atom stereocenters. The van der Waals surface area contributed by atoms with Crippen LogP contribution < -0.4 is 10.9 Å². The number of hydrogen-bond acceptors (Lipinski definition) is 3. The Morgan fingerprint density at radius 2 is 2.50 bits per heavy atom. The van der Waals surface area contributed by atoms with E-state index in [1.165, 1.54) is 12.3 Å². The predicted octanol–water partition coefficient (Wildman–Crippen LogP) is -0.147. The van der Waals surface area contributed by atoms with Crippen LogP contribution in [0.25, 0.3) is 0 Å². The van der Waals surface area contributed by atoms with Gasteiger partial charge in [0.15, 0.2) is 0 Å². The highest BCUT2D eigenvalue weighted by molar-refractivity contribution is 4.81. The van der Waals surface area contributed by atoms with Gasteiger partial charge < -0.3 is 5.32 Å². The van der Waals surface area contributed by atoms with E-state index in [1.54, 1.807) is 10.9 Å². The van der Waals surface area contributed by atoms with E-state index in [4.69, 9.17) is 0 Å². The lowest BCUT2D eigenvalue weighted by atomic mass is 10.5. The normalized spacial score (nSPS) is 10.1. The molecule has 1 N–H and O–H groups in total. The quantitative estimate of drug-likeness (QED) is 0.634. The molecule has 66 valence electrons. The first-order valence-electron chi connectivity index (χ1n) is 4.05. The maximum atomic E-state index is 11.1. The third-order valence-electron chi connectivity index (χ3n) is 1.57. The number of rotatable bonds is 4. The molecule has 0 fully saturated rings. The lowest BCUT2D eigenvalue weighted by Crippen LogP contribution is -2.26. The minimum atomic E-state index is 0.00269. The largest absolute Gasteiger partial charge is 0.315 e. The second-order valence-electron chi connectivity index (χ2n) is 2.47. The summed E-state index contributed by atoms with van der Waals surface area (Å²) in [6.45, 7) is 4.45. The summed E-state index contributed by atoms with van der Waals surface area (Å²) in [6, 6.07) is 1.46. The van der Waals surface area contributed by atoms with Crippen LogP contribution in [-0.2, 0) is 6.54 Å². The molecule has 0 aliphatic rings. The van der Waals surface area contributed by atoms with Crippen LogP contribution in [0.15, 0.2) is 23.4 Å². The highest BCUT2D eigenvalue weighted by Gasteiger charge is 1.91. The fourth-order valence-electron chi connectivity index (χ4n) is 0.923. The summed E-state index contributed by atoms with van der Waals surface area (Å²) < 4.78 is 1.59. The number of nitrogens with zero attached hydrogens (tertiary/aromatic N) is 2. The predicted molar refractivity (Wildman–Crippen MR) is 47.0 cm³/mol. The van der Waals surface area contributed by atoms with Gasteiger partial charge in [0, 0.05) is 25.4 Å². The fraction of sp³-hybridized carbons (Fsp3) is 0.500. The molecule has 0 spiro atoms. The van der Waals surface area contributed by atoms with Gasteiger partial charge in [0.05, 0.1) is 6.33 Å². The molecule has 1 rings (SSSR count). The van der Waals surface area contributed by atoms with Crippen molar-refractivity contribution in [1.29, 1.82) is 0 Å². The Morgan fingerprint density at radius 1 is 1.67 bits per heavy atom. The topological polar surface area (TPSA) is 46.9 Å². The molecule has 0 bridgehead atoms. The zero-order valence-corrected chi connectivity index (χ0v) is 7.16. The van der Waals surface area contributed by atoms with E-state index in [0.717, 1.165) is 13.1 Å². The van der Waals surface area contributed by atoms with Gasteiger partial charge in [-0.3, -0.25) is 9.36 Å². The van der Waals surface area contributed by atoms with E-state index in [1.807, 2.05) is 6.92 Å². The Morgan fingerprint density at radius 3 is 3.17 bits per heavy atom. The zero-order valence-electron chi connectivity index (χ0n) is 7.16. The highest BCUT2D eigenvalue weighted by Crippen LogP contribution is 1.75. The van der Waals surface area contributed by atoms with Crippen molar-refractivity contribution in [2.75, 3.05) is 13.1 Å². The summed E-state index contributed by atoms with van der Waals surface area (Å²) in [7, 11) is 0. The van der Waals surface area contributed by atoms with Crippen LogP contribution in [0.1, 0.15) is 6.92 Å². The van der Waals surface area contributed by atoms with Gasteiger partial charge in [-0.2, -0.15) is 0 Å². The Kier molecular flexibility index (Phi) is 3.47. The van der Waals surface area contributed by atoms with Crippen LogP contribution in [0.3, 0.4) is 0 Å². The number of nitrogens with one attached hydrogen (secondary N) is 1. The van der Waals surface area contributed by atoms with Crippen molar-refractivity contribution >= 4 is 0 Å². The molecule has 1 heterocycles. The third kappa shape index (κ3) is 2.47. The molecule has 0 saturated heterocycles. The maximum absolute atomic E-state index is 11.1. The molecule has 1 aromatic heterocycles. The van der Waals surface area contributed by atoms with E-state index >= 15 is 0 Å². The van der Waals surface area contributed by atoms with Crippen molar-refractivity contribution in [2.45, 2.75) is 13.5 Å². The fourth-order valence-corrected chi connectivity index (χ4v) is 0.923. The van der Waals surface area contributed by atoms with Gasteiger partial charge >= 0.3 is 0 Å². The summed E-state index contributed by atoms with van der Waals surface area (Å²) in [4.78, 5) is 15.0. The molecule has 0 aliphatic heterocycles. The Balaban J connectivity index is 2.52. The summed E-state index contributed by atoms with van der Waals surface area (Å²) in [6.07, 6.45) is 3.06. The SMILES string of the molecule is CCNCCn1cnccc1=O. The van der Waals surface area contributed by atoms with Crippen molar-refractivity contribution in [3.63, 3.8) is 0 Å². The second-order valence-corrected chi connectivity index (χ2v) is 2.47. The van der Waals surface area contributed by atoms with Crippen molar-refractivity contribution < 1.29 is 0 Å². The number of likely N-dealkylation sites (N-methyl/N-ethyl adjacent to an activating group) is 1. The Hall–Kier alpha value is -1.16. The standard InChI is InChI=1S/C8H13N3O/c1-2-9-5-6-11-7-10-4-3-8(11)12/h3-4,7,9H,2,5-6H2,1H3. The van der Waals surface area contributed by atoms with Crippen molar-refractivity contribution in [1.82, 2.24) is 14.9 Å². The molecule has 1 aromatic rings. The van der Waals surface area contributed by atoms with Crippen LogP contribution in [0.5, 0.6) is 0 Å². The Labute approximate surface area is 71.3 Å². The first-order valence-corrected chi connectivity index (χ1v) is 4.05. The first kappa shape index (κ1) is 8.93. The van der Waals surface area contributed by atoms with E-state index < -0.39 is 0 Å². The highest BCUT2D eigenvalue weighted by atomic mass is 16.1. The molecule has 4 heteroatoms. The summed E-state index contributed by atoms with van der Waals surface area (Å²) in [5.41, 5.74) is 0.00269. The van der Waals surface area contributed by atoms with Crippen molar-refractivity contribution in [2.24, 2.45) is 0 Å². The molecule has 0 saturated carbocycles. The van der Waals surface area contributed by atoms with Gasteiger partial charge in [-0.05, 0) is 6.54 Å². The molecular weight excluding hydrogens is 154 g/mol. The summed E-state index contributed by atoms with van der Waals surface area (Å²) in [5, 5.41) is 3.14. The molecule has 0 atom stereocenters. The smallest absolute Gasteiger partial charge is 0.253 e. The first-order chi connectivity index (χ1) is 5.84. The van der Waals surface area contributed by atoms with Crippen LogP contribution in [0.2, 0.25) is 0 Å². The van der Waals surface area contributed by atoms with Gasteiger partial charge in [0.25, 0.3) is 5.56 Å². The zero-order chi connectivity index (χ0) is 8.81. The second kappa shape index (κ2) is 4.66.